The second-order valence-electron chi connectivity index (χ2n) is 7.32. The second-order valence-corrected chi connectivity index (χ2v) is 8.26. The molecule has 164 valence electrons. The van der Waals surface area contributed by atoms with Gasteiger partial charge in [0.25, 0.3) is 0 Å². The molecule has 0 radical (unpaired) electrons. The highest BCUT2D eigenvalue weighted by Gasteiger charge is 2.10. The number of benzene rings is 2. The molecule has 0 aliphatic heterocycles. The Balaban J connectivity index is 1.56. The molecule has 0 spiro atoms. The lowest BCUT2D eigenvalue weighted by Gasteiger charge is -2.16. The third-order valence-corrected chi connectivity index (χ3v) is 5.27. The smallest absolute Gasteiger partial charge is 0.191 e. The van der Waals surface area contributed by atoms with E-state index in [2.05, 4.69) is 38.1 Å². The van der Waals surface area contributed by atoms with Gasteiger partial charge >= 0.3 is 0 Å². The summed E-state index contributed by atoms with van der Waals surface area (Å²) in [5.41, 5.74) is 2.90. The largest absolute Gasteiger partial charge is 0.491 e. The van der Waals surface area contributed by atoms with Gasteiger partial charge in [-0.15, -0.1) is 11.3 Å². The van der Waals surface area contributed by atoms with Crippen molar-refractivity contribution in [2.75, 3.05) is 13.1 Å². The fourth-order valence-corrected chi connectivity index (χ4v) is 3.69. The molecule has 1 unspecified atom stereocenters. The number of aliphatic imine (C=N–C) groups is 1. The Bertz CT molecular complexity index is 955. The molecule has 0 aliphatic rings. The van der Waals surface area contributed by atoms with Crippen molar-refractivity contribution in [2.24, 2.45) is 4.99 Å². The number of hydrogen-bond donors (Lipinski definition) is 3. The van der Waals surface area contributed by atoms with Gasteiger partial charge in [0.05, 0.1) is 24.4 Å². The van der Waals surface area contributed by atoms with Crippen LogP contribution in [0.15, 0.2) is 65.0 Å². The van der Waals surface area contributed by atoms with Crippen LogP contribution in [0.1, 0.15) is 37.4 Å². The first kappa shape index (κ1) is 22.8. The molecule has 1 atom stereocenters. The van der Waals surface area contributed by atoms with Crippen LogP contribution in [0.5, 0.6) is 5.75 Å². The lowest BCUT2D eigenvalue weighted by Crippen LogP contribution is -2.39. The van der Waals surface area contributed by atoms with E-state index >= 15 is 0 Å². The third-order valence-electron chi connectivity index (χ3n) is 4.44. The van der Waals surface area contributed by atoms with Gasteiger partial charge in [0, 0.05) is 24.0 Å². The van der Waals surface area contributed by atoms with Crippen LogP contribution in [0.4, 0.5) is 0 Å². The Morgan fingerprint density at radius 1 is 1.10 bits per heavy atom. The van der Waals surface area contributed by atoms with Crippen molar-refractivity contribution in [1.82, 2.24) is 15.6 Å². The Hall–Kier alpha value is -2.90. The Kier molecular flexibility index (Phi) is 8.44. The van der Waals surface area contributed by atoms with Gasteiger partial charge in [-0.1, -0.05) is 42.5 Å². The Labute approximate surface area is 188 Å². The highest BCUT2D eigenvalue weighted by Crippen LogP contribution is 2.22. The first-order valence-electron chi connectivity index (χ1n) is 10.5. The van der Waals surface area contributed by atoms with Gasteiger partial charge in [0.1, 0.15) is 10.8 Å². The maximum atomic E-state index is 10.5. The zero-order valence-electron chi connectivity index (χ0n) is 18.2. The summed E-state index contributed by atoms with van der Waals surface area (Å²) in [6.45, 7) is 7.55. The molecule has 3 N–H and O–H groups in total. The van der Waals surface area contributed by atoms with Gasteiger partial charge in [0.15, 0.2) is 5.96 Å². The fourth-order valence-electron chi connectivity index (χ4n) is 2.97. The summed E-state index contributed by atoms with van der Waals surface area (Å²) < 4.78 is 5.65. The number of aliphatic hydroxyl groups excluding tert-OH is 1. The first-order valence-corrected chi connectivity index (χ1v) is 11.4. The average molecular weight is 439 g/mol. The average Bonchev–Trinajstić information content (AvgIpc) is 3.25. The molecular weight excluding hydrogens is 408 g/mol. The number of hydrogen-bond acceptors (Lipinski definition) is 5. The summed E-state index contributed by atoms with van der Waals surface area (Å²) in [5, 5.41) is 19.9. The van der Waals surface area contributed by atoms with E-state index in [0.717, 1.165) is 34.1 Å². The Morgan fingerprint density at radius 3 is 2.52 bits per heavy atom. The van der Waals surface area contributed by atoms with Gasteiger partial charge in [-0.25, -0.2) is 9.98 Å². The van der Waals surface area contributed by atoms with Crippen molar-refractivity contribution in [3.05, 3.63) is 70.5 Å². The molecule has 7 heteroatoms. The van der Waals surface area contributed by atoms with Crippen molar-refractivity contribution < 1.29 is 9.84 Å². The highest BCUT2D eigenvalue weighted by atomic mass is 32.1. The molecule has 31 heavy (non-hydrogen) atoms. The molecule has 0 aliphatic carbocycles. The van der Waals surface area contributed by atoms with E-state index in [4.69, 9.17) is 4.74 Å². The molecule has 1 aromatic heterocycles. The second kappa shape index (κ2) is 11.5. The maximum absolute atomic E-state index is 10.5. The number of aliphatic hydroxyl groups is 1. The zero-order chi connectivity index (χ0) is 22.1. The van der Waals surface area contributed by atoms with Crippen LogP contribution >= 0.6 is 11.3 Å². The van der Waals surface area contributed by atoms with E-state index in [1.807, 2.05) is 63.2 Å². The Morgan fingerprint density at radius 2 is 1.84 bits per heavy atom. The van der Waals surface area contributed by atoms with E-state index in [0.29, 0.717) is 19.0 Å². The summed E-state index contributed by atoms with van der Waals surface area (Å²) in [6, 6.07) is 17.6. The van der Waals surface area contributed by atoms with Crippen LogP contribution in [0, 0.1) is 0 Å². The number of ether oxygens (including phenoxy) is 1. The highest BCUT2D eigenvalue weighted by molar-refractivity contribution is 7.09. The normalized spacial score (nSPS) is 12.6. The molecule has 3 aromatic rings. The van der Waals surface area contributed by atoms with Gasteiger partial charge in [-0.3, -0.25) is 0 Å². The molecule has 0 bridgehead atoms. The fraction of sp³-hybridized carbons (Fsp3) is 0.333. The van der Waals surface area contributed by atoms with Crippen LogP contribution in [0.25, 0.3) is 11.3 Å². The van der Waals surface area contributed by atoms with E-state index in [1.54, 1.807) is 11.3 Å². The van der Waals surface area contributed by atoms with Crippen molar-refractivity contribution in [3.63, 3.8) is 0 Å². The first-order chi connectivity index (χ1) is 15.0. The zero-order valence-corrected chi connectivity index (χ0v) is 19.0. The quantitative estimate of drug-likeness (QED) is 0.341. The minimum atomic E-state index is -0.651. The molecule has 2 aromatic carbocycles. The SMILES string of the molecule is CCNC(=NCc1nc(-c2ccccc2)cs1)NCC(O)c1ccc(OC(C)C)cc1. The molecule has 0 amide bonds. The molecule has 0 fully saturated rings. The number of aromatic nitrogens is 1. The monoisotopic (exact) mass is 438 g/mol. The summed E-state index contributed by atoms with van der Waals surface area (Å²) in [7, 11) is 0. The van der Waals surface area contributed by atoms with E-state index in [1.165, 1.54) is 0 Å². The predicted octanol–water partition coefficient (Wildman–Crippen LogP) is 4.39. The van der Waals surface area contributed by atoms with Crippen molar-refractivity contribution in [2.45, 2.75) is 39.5 Å². The van der Waals surface area contributed by atoms with E-state index in [-0.39, 0.29) is 6.10 Å². The van der Waals surface area contributed by atoms with Gasteiger partial charge in [-0.2, -0.15) is 0 Å². The van der Waals surface area contributed by atoms with Crippen molar-refractivity contribution in [1.29, 1.82) is 0 Å². The van der Waals surface area contributed by atoms with Gasteiger partial charge in [0.2, 0.25) is 0 Å². The molecule has 3 rings (SSSR count). The summed E-state index contributed by atoms with van der Waals surface area (Å²) in [5.74, 6) is 1.45. The predicted molar refractivity (Wildman–Crippen MR) is 128 cm³/mol. The number of rotatable bonds is 9. The topological polar surface area (TPSA) is 78.8 Å². The van der Waals surface area contributed by atoms with E-state index in [9.17, 15) is 5.11 Å². The van der Waals surface area contributed by atoms with Crippen LogP contribution in [-0.2, 0) is 6.54 Å². The number of thiazole rings is 1. The number of guanidine groups is 1. The standard InChI is InChI=1S/C24H30N4O2S/c1-4-25-24(26-14-22(29)19-10-12-20(13-11-19)30-17(2)3)27-15-23-28-21(16-31-23)18-8-6-5-7-9-18/h5-13,16-17,22,29H,4,14-15H2,1-3H3,(H2,25,26,27). The molecule has 0 saturated heterocycles. The number of nitrogens with zero attached hydrogens (tertiary/aromatic N) is 2. The minimum absolute atomic E-state index is 0.123. The van der Waals surface area contributed by atoms with Crippen LogP contribution < -0.4 is 15.4 Å². The molecular formula is C24H30N4O2S. The van der Waals surface area contributed by atoms with Gasteiger partial charge in [-0.05, 0) is 38.5 Å². The minimum Gasteiger partial charge on any atom is -0.491 e. The maximum Gasteiger partial charge on any atom is 0.191 e. The molecule has 1 heterocycles. The number of nitrogens with one attached hydrogen (secondary N) is 2. The van der Waals surface area contributed by atoms with Crippen LogP contribution in [0.2, 0.25) is 0 Å². The van der Waals surface area contributed by atoms with Crippen molar-refractivity contribution in [3.8, 4) is 17.0 Å². The molecule has 6 nitrogen and oxygen atoms in total. The van der Waals surface area contributed by atoms with Crippen LogP contribution in [-0.4, -0.2) is 35.2 Å². The van der Waals surface area contributed by atoms with Gasteiger partial charge < -0.3 is 20.5 Å². The van der Waals surface area contributed by atoms with Crippen molar-refractivity contribution >= 4 is 17.3 Å². The lowest BCUT2D eigenvalue weighted by molar-refractivity contribution is 0.180. The summed E-state index contributed by atoms with van der Waals surface area (Å²) >= 11 is 1.60. The summed E-state index contributed by atoms with van der Waals surface area (Å²) in [6.07, 6.45) is -0.528. The van der Waals surface area contributed by atoms with Crippen LogP contribution in [0.3, 0.4) is 0 Å². The molecule has 0 saturated carbocycles. The third kappa shape index (κ3) is 7.08. The lowest BCUT2D eigenvalue weighted by atomic mass is 10.1. The summed E-state index contributed by atoms with van der Waals surface area (Å²) in [4.78, 5) is 9.29. The van der Waals surface area contributed by atoms with E-state index < -0.39 is 6.10 Å².